The summed E-state index contributed by atoms with van der Waals surface area (Å²) in [4.78, 5) is 10.2. The second-order valence-electron chi connectivity index (χ2n) is 2.49. The van der Waals surface area contributed by atoms with E-state index in [0.717, 1.165) is 5.56 Å². The largest absolute Gasteiger partial charge is 0.504 e. The molecule has 0 spiro atoms. The van der Waals surface area contributed by atoms with Crippen molar-refractivity contribution in [3.63, 3.8) is 0 Å². The van der Waals surface area contributed by atoms with Crippen molar-refractivity contribution < 1.29 is 9.90 Å². The molecule has 0 bridgehead atoms. The van der Waals surface area contributed by atoms with Crippen molar-refractivity contribution in [1.82, 2.24) is 0 Å². The third-order valence-corrected chi connectivity index (χ3v) is 1.70. The lowest BCUT2D eigenvalue weighted by molar-refractivity contribution is -0.106. The average Bonchev–Trinajstić information content (AvgIpc) is 2.17. The van der Waals surface area contributed by atoms with Gasteiger partial charge >= 0.3 is 0 Å². The molecule has 0 atom stereocenters. The normalized spacial score (nSPS) is 12.1. The highest BCUT2D eigenvalue weighted by Gasteiger charge is 1.99. The fourth-order valence-corrected chi connectivity index (χ4v) is 0.924. The molecule has 0 fully saturated rings. The SMILES string of the molecule is CC(=C(O)C=O)c1ccccc1. The van der Waals surface area contributed by atoms with Gasteiger partial charge in [0.25, 0.3) is 0 Å². The number of aliphatic hydroxyl groups excluding tert-OH is 1. The summed E-state index contributed by atoms with van der Waals surface area (Å²) in [5, 5.41) is 9.09. The number of rotatable bonds is 2. The molecule has 0 radical (unpaired) electrons. The highest BCUT2D eigenvalue weighted by atomic mass is 16.3. The van der Waals surface area contributed by atoms with Gasteiger partial charge in [-0.2, -0.15) is 0 Å². The van der Waals surface area contributed by atoms with Gasteiger partial charge in [0.1, 0.15) is 0 Å². The Morgan fingerprint density at radius 3 is 2.42 bits per heavy atom. The van der Waals surface area contributed by atoms with E-state index >= 15 is 0 Å². The maximum Gasteiger partial charge on any atom is 0.184 e. The van der Waals surface area contributed by atoms with Crippen molar-refractivity contribution in [2.75, 3.05) is 0 Å². The Balaban J connectivity index is 3.08. The van der Waals surface area contributed by atoms with Crippen LogP contribution in [-0.4, -0.2) is 11.4 Å². The van der Waals surface area contributed by atoms with E-state index in [9.17, 15) is 4.79 Å². The Morgan fingerprint density at radius 1 is 1.33 bits per heavy atom. The highest BCUT2D eigenvalue weighted by Crippen LogP contribution is 2.14. The summed E-state index contributed by atoms with van der Waals surface area (Å²) in [6.45, 7) is 1.71. The molecule has 1 aromatic carbocycles. The number of allylic oxidation sites excluding steroid dienone is 2. The zero-order valence-electron chi connectivity index (χ0n) is 6.82. The van der Waals surface area contributed by atoms with Gasteiger partial charge in [-0.05, 0) is 12.5 Å². The van der Waals surface area contributed by atoms with Crippen LogP contribution in [0.2, 0.25) is 0 Å². The zero-order valence-corrected chi connectivity index (χ0v) is 6.82. The summed E-state index contributed by atoms with van der Waals surface area (Å²) in [5.41, 5.74) is 1.47. The standard InChI is InChI=1S/C10H10O2/c1-8(10(12)7-11)9-5-3-2-4-6-9/h2-7,12H,1H3. The van der Waals surface area contributed by atoms with E-state index in [4.69, 9.17) is 5.11 Å². The summed E-state index contributed by atoms with van der Waals surface area (Å²) in [5.74, 6) is -0.207. The molecule has 0 heterocycles. The highest BCUT2D eigenvalue weighted by molar-refractivity contribution is 5.84. The minimum Gasteiger partial charge on any atom is -0.504 e. The van der Waals surface area contributed by atoms with Gasteiger partial charge in [0, 0.05) is 5.57 Å². The first-order valence-corrected chi connectivity index (χ1v) is 3.66. The van der Waals surface area contributed by atoms with Crippen LogP contribution in [0.3, 0.4) is 0 Å². The summed E-state index contributed by atoms with van der Waals surface area (Å²) >= 11 is 0. The van der Waals surface area contributed by atoms with Gasteiger partial charge < -0.3 is 5.11 Å². The summed E-state index contributed by atoms with van der Waals surface area (Å²) in [6.07, 6.45) is 0.447. The molecule has 0 aliphatic carbocycles. The Kier molecular flexibility index (Phi) is 2.64. The first kappa shape index (κ1) is 8.53. The molecule has 0 amide bonds. The van der Waals surface area contributed by atoms with Crippen LogP contribution in [0.5, 0.6) is 0 Å². The second kappa shape index (κ2) is 3.72. The van der Waals surface area contributed by atoms with Crippen LogP contribution >= 0.6 is 0 Å². The number of hydrogen-bond donors (Lipinski definition) is 1. The maximum atomic E-state index is 10.2. The van der Waals surface area contributed by atoms with Crippen molar-refractivity contribution in [1.29, 1.82) is 0 Å². The van der Waals surface area contributed by atoms with Crippen LogP contribution in [0.4, 0.5) is 0 Å². The molecule has 1 rings (SSSR count). The van der Waals surface area contributed by atoms with Crippen molar-refractivity contribution in [3.05, 3.63) is 41.7 Å². The Bertz CT molecular complexity index is 299. The lowest BCUT2D eigenvalue weighted by atomic mass is 10.1. The van der Waals surface area contributed by atoms with Crippen molar-refractivity contribution in [2.24, 2.45) is 0 Å². The molecule has 0 unspecified atom stereocenters. The molecule has 12 heavy (non-hydrogen) atoms. The fourth-order valence-electron chi connectivity index (χ4n) is 0.924. The van der Waals surface area contributed by atoms with Gasteiger partial charge in [0.05, 0.1) is 0 Å². The summed E-state index contributed by atoms with van der Waals surface area (Å²) in [7, 11) is 0. The van der Waals surface area contributed by atoms with Crippen molar-refractivity contribution >= 4 is 11.9 Å². The van der Waals surface area contributed by atoms with Crippen LogP contribution in [0.1, 0.15) is 12.5 Å². The fraction of sp³-hybridized carbons (Fsp3) is 0.100. The van der Waals surface area contributed by atoms with E-state index in [0.29, 0.717) is 11.9 Å². The van der Waals surface area contributed by atoms with E-state index in [1.54, 1.807) is 6.92 Å². The van der Waals surface area contributed by atoms with Crippen molar-refractivity contribution in [3.8, 4) is 0 Å². The molecule has 2 nitrogen and oxygen atoms in total. The van der Waals surface area contributed by atoms with E-state index in [2.05, 4.69) is 0 Å². The number of aliphatic hydroxyl groups is 1. The van der Waals surface area contributed by atoms with Crippen LogP contribution in [0.25, 0.3) is 5.57 Å². The molecule has 0 aliphatic rings. The van der Waals surface area contributed by atoms with Crippen LogP contribution in [0, 0.1) is 0 Å². The monoisotopic (exact) mass is 162 g/mol. The summed E-state index contributed by atoms with van der Waals surface area (Å²) in [6, 6.07) is 9.28. The molecular weight excluding hydrogens is 152 g/mol. The van der Waals surface area contributed by atoms with Gasteiger partial charge in [-0.3, -0.25) is 4.79 Å². The number of benzene rings is 1. The predicted octanol–water partition coefficient (Wildman–Crippen LogP) is 2.17. The minimum absolute atomic E-state index is 0.207. The molecule has 0 saturated carbocycles. The van der Waals surface area contributed by atoms with Gasteiger partial charge in [0.2, 0.25) is 0 Å². The predicted molar refractivity (Wildman–Crippen MR) is 47.7 cm³/mol. The van der Waals surface area contributed by atoms with Gasteiger partial charge in [0.15, 0.2) is 12.0 Å². The van der Waals surface area contributed by atoms with E-state index < -0.39 is 0 Å². The molecule has 62 valence electrons. The van der Waals surface area contributed by atoms with Crippen LogP contribution in [-0.2, 0) is 4.79 Å². The lowest BCUT2D eigenvalue weighted by Crippen LogP contribution is -1.88. The van der Waals surface area contributed by atoms with Crippen LogP contribution < -0.4 is 0 Å². The maximum absolute atomic E-state index is 10.2. The summed E-state index contributed by atoms with van der Waals surface area (Å²) < 4.78 is 0. The molecule has 1 aromatic rings. The smallest absolute Gasteiger partial charge is 0.184 e. The van der Waals surface area contributed by atoms with Gasteiger partial charge in [-0.1, -0.05) is 30.3 Å². The number of hydrogen-bond acceptors (Lipinski definition) is 2. The van der Waals surface area contributed by atoms with Crippen molar-refractivity contribution in [2.45, 2.75) is 6.92 Å². The Hall–Kier alpha value is -1.57. The Morgan fingerprint density at radius 2 is 1.92 bits per heavy atom. The van der Waals surface area contributed by atoms with E-state index in [1.165, 1.54) is 0 Å². The lowest BCUT2D eigenvalue weighted by Gasteiger charge is -2.00. The van der Waals surface area contributed by atoms with Gasteiger partial charge in [-0.25, -0.2) is 0 Å². The molecule has 0 aliphatic heterocycles. The topological polar surface area (TPSA) is 37.3 Å². The molecular formula is C10H10O2. The average molecular weight is 162 g/mol. The minimum atomic E-state index is -0.207. The molecule has 1 N–H and O–H groups in total. The quantitative estimate of drug-likeness (QED) is 0.411. The molecule has 2 heteroatoms. The number of carbonyl (C=O) groups excluding carboxylic acids is 1. The third-order valence-electron chi connectivity index (χ3n) is 1.70. The number of aldehydes is 1. The third kappa shape index (κ3) is 1.72. The zero-order chi connectivity index (χ0) is 8.97. The number of carbonyl (C=O) groups is 1. The first-order chi connectivity index (χ1) is 5.75. The molecule has 0 aromatic heterocycles. The first-order valence-electron chi connectivity index (χ1n) is 3.66. The van der Waals surface area contributed by atoms with Crippen LogP contribution in [0.15, 0.2) is 36.1 Å². The Labute approximate surface area is 71.2 Å². The van der Waals surface area contributed by atoms with E-state index in [-0.39, 0.29) is 5.76 Å². The second-order valence-corrected chi connectivity index (χ2v) is 2.49. The molecule has 0 saturated heterocycles. The van der Waals surface area contributed by atoms with Gasteiger partial charge in [-0.15, -0.1) is 0 Å². The van der Waals surface area contributed by atoms with E-state index in [1.807, 2.05) is 30.3 Å².